The zero-order chi connectivity index (χ0) is 17.1. The molecule has 3 aromatic rings. The zero-order valence-corrected chi connectivity index (χ0v) is 12.7. The van der Waals surface area contributed by atoms with E-state index in [1.807, 2.05) is 30.5 Å². The van der Waals surface area contributed by atoms with Gasteiger partial charge in [-0.15, -0.1) is 0 Å². The minimum Gasteiger partial charge on any atom is -0.478 e. The molecule has 3 rings (SSSR count). The van der Waals surface area contributed by atoms with Crippen molar-refractivity contribution in [3.05, 3.63) is 69.9 Å². The summed E-state index contributed by atoms with van der Waals surface area (Å²) in [6.45, 7) is 0.495. The van der Waals surface area contributed by atoms with Crippen molar-refractivity contribution in [1.29, 1.82) is 0 Å². The largest absolute Gasteiger partial charge is 0.478 e. The first-order valence-corrected chi connectivity index (χ1v) is 7.37. The van der Waals surface area contributed by atoms with E-state index in [1.165, 1.54) is 12.1 Å². The van der Waals surface area contributed by atoms with E-state index in [0.29, 0.717) is 18.7 Å². The Kier molecular flexibility index (Phi) is 4.15. The van der Waals surface area contributed by atoms with Gasteiger partial charge in [0.15, 0.2) is 0 Å². The summed E-state index contributed by atoms with van der Waals surface area (Å²) in [5, 5.41) is 24.2. The molecule has 1 aromatic heterocycles. The van der Waals surface area contributed by atoms with Crippen molar-refractivity contribution in [3.63, 3.8) is 0 Å². The highest BCUT2D eigenvalue weighted by atomic mass is 16.6. The second-order valence-electron chi connectivity index (χ2n) is 5.33. The number of hydrogen-bond donors (Lipinski definition) is 3. The minimum absolute atomic E-state index is 0.108. The molecule has 1 heterocycles. The smallest absolute Gasteiger partial charge is 0.335 e. The Morgan fingerprint density at radius 1 is 1.25 bits per heavy atom. The molecule has 0 unspecified atom stereocenters. The van der Waals surface area contributed by atoms with E-state index >= 15 is 0 Å². The van der Waals surface area contributed by atoms with Crippen LogP contribution in [0.25, 0.3) is 10.9 Å². The quantitative estimate of drug-likeness (QED) is 0.475. The second-order valence-corrected chi connectivity index (χ2v) is 5.33. The van der Waals surface area contributed by atoms with E-state index in [2.05, 4.69) is 10.3 Å². The van der Waals surface area contributed by atoms with Crippen molar-refractivity contribution in [2.24, 2.45) is 0 Å². The van der Waals surface area contributed by atoms with Crippen LogP contribution >= 0.6 is 0 Å². The molecule has 0 saturated carbocycles. The number of nitro benzene ring substituents is 1. The van der Waals surface area contributed by atoms with Crippen LogP contribution in [-0.4, -0.2) is 27.5 Å². The maximum atomic E-state index is 11.1. The predicted molar refractivity (Wildman–Crippen MR) is 90.5 cm³/mol. The number of hydrogen-bond acceptors (Lipinski definition) is 4. The Morgan fingerprint density at radius 3 is 2.79 bits per heavy atom. The summed E-state index contributed by atoms with van der Waals surface area (Å²) in [7, 11) is 0. The fourth-order valence-electron chi connectivity index (χ4n) is 2.64. The molecule has 24 heavy (non-hydrogen) atoms. The fourth-order valence-corrected chi connectivity index (χ4v) is 2.64. The lowest BCUT2D eigenvalue weighted by molar-refractivity contribution is -0.384. The number of para-hydroxylation sites is 1. The van der Waals surface area contributed by atoms with Gasteiger partial charge in [-0.25, -0.2) is 4.79 Å². The monoisotopic (exact) mass is 325 g/mol. The van der Waals surface area contributed by atoms with Gasteiger partial charge in [0, 0.05) is 29.7 Å². The van der Waals surface area contributed by atoms with E-state index in [4.69, 9.17) is 5.11 Å². The second kappa shape index (κ2) is 6.41. The molecule has 0 bridgehead atoms. The summed E-state index contributed by atoms with van der Waals surface area (Å²) < 4.78 is 0. The molecule has 7 nitrogen and oxygen atoms in total. The summed E-state index contributed by atoms with van der Waals surface area (Å²) in [5.74, 6) is -1.19. The van der Waals surface area contributed by atoms with Gasteiger partial charge in [0.2, 0.25) is 0 Å². The number of carbonyl (C=O) groups is 1. The van der Waals surface area contributed by atoms with Gasteiger partial charge in [0.25, 0.3) is 5.69 Å². The summed E-state index contributed by atoms with van der Waals surface area (Å²) in [4.78, 5) is 24.7. The van der Waals surface area contributed by atoms with Crippen LogP contribution in [0, 0.1) is 10.1 Å². The lowest BCUT2D eigenvalue weighted by Gasteiger charge is -2.07. The van der Waals surface area contributed by atoms with Crippen molar-refractivity contribution in [3.8, 4) is 0 Å². The third kappa shape index (κ3) is 3.05. The van der Waals surface area contributed by atoms with Gasteiger partial charge in [-0.05, 0) is 30.2 Å². The molecule has 0 saturated heterocycles. The topological polar surface area (TPSA) is 108 Å². The number of carboxylic acid groups (broad SMARTS) is 1. The normalized spacial score (nSPS) is 10.7. The predicted octanol–water partition coefficient (Wildman–Crippen LogP) is 3.43. The molecule has 0 amide bonds. The molecule has 0 aliphatic rings. The number of aromatic amines is 1. The number of anilines is 1. The van der Waals surface area contributed by atoms with Gasteiger partial charge in [0.05, 0.1) is 10.5 Å². The third-order valence-electron chi connectivity index (χ3n) is 3.83. The highest BCUT2D eigenvalue weighted by Crippen LogP contribution is 2.26. The average Bonchev–Trinajstić information content (AvgIpc) is 2.98. The molecule has 3 N–H and O–H groups in total. The van der Waals surface area contributed by atoms with E-state index in [0.717, 1.165) is 22.5 Å². The number of nitro groups is 1. The Balaban J connectivity index is 1.74. The highest BCUT2D eigenvalue weighted by Gasteiger charge is 2.17. The molecule has 0 aliphatic heterocycles. The Bertz CT molecular complexity index is 917. The number of rotatable bonds is 6. The van der Waals surface area contributed by atoms with Crippen LogP contribution < -0.4 is 5.32 Å². The average molecular weight is 325 g/mol. The van der Waals surface area contributed by atoms with Crippen molar-refractivity contribution < 1.29 is 14.8 Å². The van der Waals surface area contributed by atoms with Crippen LogP contribution in [0.2, 0.25) is 0 Å². The Labute approximate surface area is 137 Å². The summed E-state index contributed by atoms with van der Waals surface area (Å²) in [6, 6.07) is 11.8. The molecule has 122 valence electrons. The van der Waals surface area contributed by atoms with E-state index in [1.54, 1.807) is 0 Å². The summed E-state index contributed by atoms with van der Waals surface area (Å²) in [5.41, 5.74) is 2.12. The number of fused-ring (bicyclic) bond motifs is 1. The van der Waals surface area contributed by atoms with E-state index in [9.17, 15) is 14.9 Å². The van der Waals surface area contributed by atoms with Crippen LogP contribution in [0.15, 0.2) is 48.7 Å². The molecule has 0 fully saturated rings. The molecule has 7 heteroatoms. The molecular formula is C17H15N3O4. The lowest BCUT2D eigenvalue weighted by atomic mass is 10.1. The lowest BCUT2D eigenvalue weighted by Crippen LogP contribution is -2.08. The Hall–Kier alpha value is -3.35. The standard InChI is InChI=1S/C17H15N3O4/c21-17(22)11-5-6-15(16(9-11)20(23)24)18-8-7-12-10-19-14-4-2-1-3-13(12)14/h1-6,9-10,18-19H,7-8H2,(H,21,22). The maximum absolute atomic E-state index is 11.1. The first-order valence-electron chi connectivity index (χ1n) is 7.37. The first kappa shape index (κ1) is 15.5. The van der Waals surface area contributed by atoms with E-state index < -0.39 is 10.9 Å². The van der Waals surface area contributed by atoms with Crippen LogP contribution in [0.3, 0.4) is 0 Å². The van der Waals surface area contributed by atoms with Gasteiger partial charge >= 0.3 is 5.97 Å². The van der Waals surface area contributed by atoms with Crippen LogP contribution in [0.1, 0.15) is 15.9 Å². The fraction of sp³-hybridized carbons (Fsp3) is 0.118. The Morgan fingerprint density at radius 2 is 2.04 bits per heavy atom. The van der Waals surface area contributed by atoms with Crippen LogP contribution in [0.4, 0.5) is 11.4 Å². The van der Waals surface area contributed by atoms with Crippen molar-refractivity contribution in [1.82, 2.24) is 4.98 Å². The van der Waals surface area contributed by atoms with Gasteiger partial charge in [-0.2, -0.15) is 0 Å². The number of aromatic nitrogens is 1. The minimum atomic E-state index is -1.19. The number of nitrogens with one attached hydrogen (secondary N) is 2. The van der Waals surface area contributed by atoms with Crippen LogP contribution in [-0.2, 0) is 6.42 Å². The van der Waals surface area contributed by atoms with Gasteiger partial charge in [-0.1, -0.05) is 18.2 Å². The van der Waals surface area contributed by atoms with Gasteiger partial charge in [0.1, 0.15) is 5.69 Å². The molecule has 0 aliphatic carbocycles. The number of H-pyrrole nitrogens is 1. The zero-order valence-electron chi connectivity index (χ0n) is 12.7. The number of benzene rings is 2. The van der Waals surface area contributed by atoms with Crippen LogP contribution in [0.5, 0.6) is 0 Å². The maximum Gasteiger partial charge on any atom is 0.335 e. The van der Waals surface area contributed by atoms with Crippen molar-refractivity contribution in [2.75, 3.05) is 11.9 Å². The molecule has 2 aromatic carbocycles. The van der Waals surface area contributed by atoms with Crippen molar-refractivity contribution in [2.45, 2.75) is 6.42 Å². The SMILES string of the molecule is O=C(O)c1ccc(NCCc2c[nH]c3ccccc23)c([N+](=O)[O-])c1. The van der Waals surface area contributed by atoms with Gasteiger partial charge in [-0.3, -0.25) is 10.1 Å². The molecular weight excluding hydrogens is 310 g/mol. The molecule has 0 spiro atoms. The summed E-state index contributed by atoms with van der Waals surface area (Å²) >= 11 is 0. The third-order valence-corrected chi connectivity index (χ3v) is 3.83. The molecule has 0 atom stereocenters. The highest BCUT2D eigenvalue weighted by molar-refractivity contribution is 5.89. The van der Waals surface area contributed by atoms with Crippen molar-refractivity contribution >= 4 is 28.2 Å². The molecule has 0 radical (unpaired) electrons. The number of nitrogens with zero attached hydrogens (tertiary/aromatic N) is 1. The number of aromatic carboxylic acids is 1. The first-order chi connectivity index (χ1) is 11.6. The van der Waals surface area contributed by atoms with E-state index in [-0.39, 0.29) is 11.3 Å². The number of carboxylic acids is 1. The summed E-state index contributed by atoms with van der Waals surface area (Å²) in [6.07, 6.45) is 2.61. The van der Waals surface area contributed by atoms with Gasteiger partial charge < -0.3 is 15.4 Å².